The Kier molecular flexibility index (Phi) is 34.2. The van der Waals surface area contributed by atoms with Crippen LogP contribution in [0.4, 0.5) is 0 Å². The minimum absolute atomic E-state index is 0.288. The van der Waals surface area contributed by atoms with Crippen LogP contribution in [-0.4, -0.2) is 114 Å². The van der Waals surface area contributed by atoms with Crippen LogP contribution in [0, 0.1) is 0 Å². The topological polar surface area (TPSA) is 182 Å². The van der Waals surface area contributed by atoms with Crippen molar-refractivity contribution in [2.45, 2.75) is 117 Å². The average molecular weight is 729 g/mol. The van der Waals surface area contributed by atoms with Gasteiger partial charge in [0.25, 0.3) is 0 Å². The second kappa shape index (κ2) is 34.2. The summed E-state index contributed by atoms with van der Waals surface area (Å²) in [6, 6.07) is 0. The fourth-order valence-corrected chi connectivity index (χ4v) is 8.57. The van der Waals surface area contributed by atoms with Gasteiger partial charge in [-0.1, -0.05) is 65.2 Å². The molecule has 0 radical (unpaired) electrons. The Morgan fingerprint density at radius 1 is 0.396 bits per heavy atom. The SMILES string of the molecule is CCCCCCCOP(=O)(CCN(CCCN)CCCN)OCCCCOP(=O)(CCN(CCCN)CCCN)OCCCCCCC. The van der Waals surface area contributed by atoms with Crippen molar-refractivity contribution in [1.82, 2.24) is 9.80 Å². The van der Waals surface area contributed by atoms with Gasteiger partial charge in [-0.05, 0) is 104 Å². The molecule has 0 aliphatic carbocycles. The maximum Gasteiger partial charge on any atom is 0.331 e. The summed E-state index contributed by atoms with van der Waals surface area (Å²) in [5.74, 6) is 0. The van der Waals surface area contributed by atoms with Crippen LogP contribution in [0.5, 0.6) is 0 Å². The van der Waals surface area contributed by atoms with Crippen molar-refractivity contribution in [1.29, 1.82) is 0 Å². The highest BCUT2D eigenvalue weighted by Crippen LogP contribution is 2.49. The number of nitrogens with two attached hydrogens (primary N) is 4. The van der Waals surface area contributed by atoms with Crippen LogP contribution < -0.4 is 22.9 Å². The highest BCUT2D eigenvalue weighted by atomic mass is 31.2. The molecular formula is C34H78N6O6P2. The molecule has 2 atom stereocenters. The van der Waals surface area contributed by atoms with Gasteiger partial charge in [0, 0.05) is 13.1 Å². The van der Waals surface area contributed by atoms with Crippen molar-refractivity contribution in [2.75, 3.05) is 104 Å². The predicted octanol–water partition coefficient (Wildman–Crippen LogP) is 6.16. The maximum absolute atomic E-state index is 13.8. The zero-order valence-electron chi connectivity index (χ0n) is 31.2. The van der Waals surface area contributed by atoms with Crippen molar-refractivity contribution in [3.05, 3.63) is 0 Å². The van der Waals surface area contributed by atoms with Gasteiger partial charge in [-0.25, -0.2) is 0 Å². The molecule has 0 amide bonds. The summed E-state index contributed by atoms with van der Waals surface area (Å²) in [5.41, 5.74) is 23.0. The molecule has 0 spiro atoms. The summed E-state index contributed by atoms with van der Waals surface area (Å²) in [4.78, 5) is 4.51. The van der Waals surface area contributed by atoms with E-state index >= 15 is 0 Å². The zero-order valence-corrected chi connectivity index (χ0v) is 33.0. The first kappa shape index (κ1) is 48.1. The van der Waals surface area contributed by atoms with Gasteiger partial charge in [0.15, 0.2) is 0 Å². The number of nitrogens with zero attached hydrogens (tertiary/aromatic N) is 2. The molecule has 290 valence electrons. The minimum Gasteiger partial charge on any atom is -0.330 e. The first-order valence-corrected chi connectivity index (χ1v) is 22.8. The molecule has 0 bridgehead atoms. The normalized spacial score (nSPS) is 14.6. The fourth-order valence-electron chi connectivity index (χ4n) is 5.22. The smallest absolute Gasteiger partial charge is 0.330 e. The molecule has 0 aromatic heterocycles. The van der Waals surface area contributed by atoms with Crippen LogP contribution in [-0.2, 0) is 27.2 Å². The average Bonchev–Trinajstić information content (AvgIpc) is 3.09. The standard InChI is InChI=1S/C34H78N6O6P2/c1-3-5-7-9-11-29-43-47(41,33-27-39(23-15-19-35)24-16-20-36)45-31-13-14-32-46-48(42,44-30-12-10-8-6-4-2)34-28-40(25-17-21-37)26-18-22-38/h3-38H2,1-2H3. The molecular weight excluding hydrogens is 650 g/mol. The Bertz CT molecular complexity index is 710. The van der Waals surface area contributed by atoms with Crippen molar-refractivity contribution in [2.24, 2.45) is 22.9 Å². The van der Waals surface area contributed by atoms with E-state index in [1.807, 2.05) is 0 Å². The number of hydrogen-bond acceptors (Lipinski definition) is 12. The molecule has 14 heteroatoms. The van der Waals surface area contributed by atoms with Crippen LogP contribution >= 0.6 is 15.2 Å². The van der Waals surface area contributed by atoms with E-state index in [0.29, 0.717) is 77.6 Å². The molecule has 12 nitrogen and oxygen atoms in total. The summed E-state index contributed by atoms with van der Waals surface area (Å²) in [7, 11) is -6.58. The maximum atomic E-state index is 13.8. The quantitative estimate of drug-likeness (QED) is 0.0419. The summed E-state index contributed by atoms with van der Waals surface area (Å²) < 4.78 is 51.5. The monoisotopic (exact) mass is 729 g/mol. The number of hydrogen-bond donors (Lipinski definition) is 4. The van der Waals surface area contributed by atoms with Gasteiger partial charge in [-0.2, -0.15) is 0 Å². The highest BCUT2D eigenvalue weighted by molar-refractivity contribution is 7.54. The molecule has 0 aromatic rings. The minimum atomic E-state index is -3.29. The summed E-state index contributed by atoms with van der Waals surface area (Å²) in [6.45, 7) is 12.8. The number of rotatable bonds is 39. The molecule has 2 unspecified atom stereocenters. The van der Waals surface area contributed by atoms with Crippen LogP contribution in [0.15, 0.2) is 0 Å². The molecule has 0 aromatic carbocycles. The van der Waals surface area contributed by atoms with E-state index in [2.05, 4.69) is 23.6 Å². The van der Waals surface area contributed by atoms with Crippen LogP contribution in [0.3, 0.4) is 0 Å². The highest BCUT2D eigenvalue weighted by Gasteiger charge is 2.27. The van der Waals surface area contributed by atoms with E-state index in [0.717, 1.165) is 90.4 Å². The van der Waals surface area contributed by atoms with E-state index < -0.39 is 15.2 Å². The molecule has 0 saturated heterocycles. The van der Waals surface area contributed by atoms with Crippen molar-refractivity contribution < 1.29 is 27.2 Å². The van der Waals surface area contributed by atoms with Crippen LogP contribution in [0.25, 0.3) is 0 Å². The predicted molar refractivity (Wildman–Crippen MR) is 203 cm³/mol. The van der Waals surface area contributed by atoms with Gasteiger partial charge in [0.1, 0.15) is 0 Å². The summed E-state index contributed by atoms with van der Waals surface area (Å²) in [5, 5.41) is 0. The molecule has 0 aliphatic rings. The van der Waals surface area contributed by atoms with Gasteiger partial charge in [-0.15, -0.1) is 0 Å². The summed E-state index contributed by atoms with van der Waals surface area (Å²) in [6.07, 6.45) is 16.3. The van der Waals surface area contributed by atoms with Crippen molar-refractivity contribution >= 4 is 15.2 Å². The lowest BCUT2D eigenvalue weighted by atomic mass is 10.2. The van der Waals surface area contributed by atoms with Gasteiger partial charge in [-0.3, -0.25) is 9.13 Å². The third kappa shape index (κ3) is 28.7. The Morgan fingerprint density at radius 2 is 0.667 bits per heavy atom. The molecule has 0 heterocycles. The largest absolute Gasteiger partial charge is 0.331 e. The number of unbranched alkanes of at least 4 members (excludes halogenated alkanes) is 9. The third-order valence-electron chi connectivity index (χ3n) is 8.28. The molecule has 8 N–H and O–H groups in total. The third-order valence-corrected chi connectivity index (χ3v) is 12.1. The molecule has 0 aliphatic heterocycles. The molecule has 0 fully saturated rings. The van der Waals surface area contributed by atoms with Gasteiger partial charge in [0.2, 0.25) is 0 Å². The second-order valence-electron chi connectivity index (χ2n) is 12.8. The van der Waals surface area contributed by atoms with E-state index in [-0.39, 0.29) is 13.2 Å². The Labute approximate surface area is 295 Å². The van der Waals surface area contributed by atoms with E-state index in [1.54, 1.807) is 0 Å². The molecule has 48 heavy (non-hydrogen) atoms. The second-order valence-corrected chi connectivity index (χ2v) is 17.2. The Morgan fingerprint density at radius 3 is 0.938 bits per heavy atom. The zero-order chi connectivity index (χ0) is 35.6. The van der Waals surface area contributed by atoms with E-state index in [9.17, 15) is 9.13 Å². The van der Waals surface area contributed by atoms with E-state index in [1.165, 1.54) is 25.7 Å². The van der Waals surface area contributed by atoms with Crippen molar-refractivity contribution in [3.63, 3.8) is 0 Å². The lowest BCUT2D eigenvalue weighted by Crippen LogP contribution is -2.31. The fraction of sp³-hybridized carbons (Fsp3) is 1.00. The van der Waals surface area contributed by atoms with Gasteiger partial charge in [0.05, 0.1) is 38.8 Å². The Hall–Kier alpha value is 0.0600. The molecule has 0 rings (SSSR count). The summed E-state index contributed by atoms with van der Waals surface area (Å²) >= 11 is 0. The van der Waals surface area contributed by atoms with Gasteiger partial charge < -0.3 is 50.8 Å². The first-order chi connectivity index (χ1) is 23.3. The van der Waals surface area contributed by atoms with Crippen molar-refractivity contribution in [3.8, 4) is 0 Å². The van der Waals surface area contributed by atoms with E-state index in [4.69, 9.17) is 41.0 Å². The van der Waals surface area contributed by atoms with Gasteiger partial charge >= 0.3 is 15.2 Å². The van der Waals surface area contributed by atoms with Crippen LogP contribution in [0.1, 0.15) is 117 Å². The first-order valence-electron chi connectivity index (χ1n) is 19.3. The van der Waals surface area contributed by atoms with Crippen LogP contribution in [0.2, 0.25) is 0 Å². The Balaban J connectivity index is 5.09. The molecule has 0 saturated carbocycles. The lowest BCUT2D eigenvalue weighted by molar-refractivity contribution is 0.175. The lowest BCUT2D eigenvalue weighted by Gasteiger charge is -2.25.